The molecule has 0 unspecified atom stereocenters. The second kappa shape index (κ2) is 8.54. The maximum Gasteiger partial charge on any atom is 0.356 e. The highest BCUT2D eigenvalue weighted by Gasteiger charge is 2.10. The van der Waals surface area contributed by atoms with Crippen molar-refractivity contribution in [1.29, 1.82) is 0 Å². The molecule has 128 valence electrons. The number of ether oxygens (including phenoxy) is 1. The topological polar surface area (TPSA) is 81.8 Å². The number of nitrogens with zero attached hydrogens (tertiary/aromatic N) is 2. The first kappa shape index (κ1) is 18.1. The largest absolute Gasteiger partial charge is 0.461 e. The molecule has 0 aliphatic heterocycles. The van der Waals surface area contributed by atoms with Crippen LogP contribution in [0.4, 0.5) is 11.4 Å². The molecule has 25 heavy (non-hydrogen) atoms. The van der Waals surface area contributed by atoms with Crippen LogP contribution in [0.15, 0.2) is 59.6 Å². The van der Waals surface area contributed by atoms with Gasteiger partial charge in [-0.15, -0.1) is 0 Å². The molecule has 6 nitrogen and oxygen atoms in total. The van der Waals surface area contributed by atoms with Crippen LogP contribution in [0.1, 0.15) is 18.1 Å². The maximum atomic E-state index is 12.1. The van der Waals surface area contributed by atoms with Gasteiger partial charge in [0.25, 0.3) is 5.69 Å². The zero-order valence-electron chi connectivity index (χ0n) is 14.0. The van der Waals surface area contributed by atoms with Gasteiger partial charge in [-0.2, -0.15) is 0 Å². The van der Waals surface area contributed by atoms with Crippen molar-refractivity contribution in [3.8, 4) is 0 Å². The monoisotopic (exact) mass is 338 g/mol. The van der Waals surface area contributed by atoms with Crippen LogP contribution in [0.5, 0.6) is 0 Å². The molecule has 0 radical (unpaired) electrons. The highest BCUT2D eigenvalue weighted by atomic mass is 16.6. The first-order valence-corrected chi connectivity index (χ1v) is 7.74. The number of carbonyl (C=O) groups is 1. The Balaban J connectivity index is 2.29. The molecule has 2 aromatic rings. The van der Waals surface area contributed by atoms with Gasteiger partial charge in [-0.1, -0.05) is 35.9 Å². The number of non-ortho nitro benzene ring substituents is 1. The number of carbonyl (C=O) groups excluding carboxylic acids is 1. The molecule has 2 rings (SSSR count). The SMILES string of the molecule is CCOC(=O)C(/C=C/c1ccc(C)cc1)=Nc1ccc([N+](=O)[O-])cc1. The molecule has 0 aromatic heterocycles. The minimum absolute atomic E-state index is 0.0353. The van der Waals surface area contributed by atoms with Crippen LogP contribution in [-0.4, -0.2) is 23.2 Å². The highest BCUT2D eigenvalue weighted by Crippen LogP contribution is 2.18. The average Bonchev–Trinajstić information content (AvgIpc) is 2.60. The summed E-state index contributed by atoms with van der Waals surface area (Å²) in [6.45, 7) is 3.94. The third-order valence-corrected chi connectivity index (χ3v) is 3.31. The summed E-state index contributed by atoms with van der Waals surface area (Å²) in [6.07, 6.45) is 3.34. The van der Waals surface area contributed by atoms with Crippen LogP contribution in [0.25, 0.3) is 6.08 Å². The first-order chi connectivity index (χ1) is 12.0. The van der Waals surface area contributed by atoms with E-state index < -0.39 is 10.9 Å². The lowest BCUT2D eigenvalue weighted by molar-refractivity contribution is -0.384. The quantitative estimate of drug-likeness (QED) is 0.341. The van der Waals surface area contributed by atoms with Crippen molar-refractivity contribution in [2.75, 3.05) is 6.61 Å². The third-order valence-electron chi connectivity index (χ3n) is 3.31. The van der Waals surface area contributed by atoms with E-state index in [2.05, 4.69) is 4.99 Å². The maximum absolute atomic E-state index is 12.1. The minimum atomic E-state index is -0.552. The van der Waals surface area contributed by atoms with Crippen molar-refractivity contribution >= 4 is 29.1 Å². The van der Waals surface area contributed by atoms with Crippen molar-refractivity contribution in [1.82, 2.24) is 0 Å². The van der Waals surface area contributed by atoms with E-state index in [1.54, 1.807) is 19.1 Å². The number of hydrogen-bond acceptors (Lipinski definition) is 5. The Hall–Kier alpha value is -3.28. The molecule has 0 heterocycles. The van der Waals surface area contributed by atoms with E-state index in [1.807, 2.05) is 31.2 Å². The number of nitro groups is 1. The van der Waals surface area contributed by atoms with E-state index >= 15 is 0 Å². The Kier molecular flexibility index (Phi) is 6.17. The van der Waals surface area contributed by atoms with Crippen molar-refractivity contribution in [2.24, 2.45) is 4.99 Å². The molecule has 0 bridgehead atoms. The number of esters is 1. The number of rotatable bonds is 6. The highest BCUT2D eigenvalue weighted by molar-refractivity contribution is 6.42. The molecule has 0 amide bonds. The van der Waals surface area contributed by atoms with Crippen LogP contribution >= 0.6 is 0 Å². The second-order valence-corrected chi connectivity index (χ2v) is 5.24. The number of aliphatic imine (C=N–C) groups is 1. The lowest BCUT2D eigenvalue weighted by atomic mass is 10.1. The van der Waals surface area contributed by atoms with Crippen molar-refractivity contribution < 1.29 is 14.5 Å². The Morgan fingerprint density at radius 1 is 1.16 bits per heavy atom. The van der Waals surface area contributed by atoms with Gasteiger partial charge >= 0.3 is 5.97 Å². The Labute approximate surface area is 145 Å². The van der Waals surface area contributed by atoms with Gasteiger partial charge in [-0.3, -0.25) is 10.1 Å². The molecule has 2 aromatic carbocycles. The molecule has 6 heteroatoms. The summed E-state index contributed by atoms with van der Waals surface area (Å²) in [4.78, 5) is 26.5. The second-order valence-electron chi connectivity index (χ2n) is 5.24. The Morgan fingerprint density at radius 3 is 2.36 bits per heavy atom. The zero-order chi connectivity index (χ0) is 18.2. The number of hydrogen-bond donors (Lipinski definition) is 0. The minimum Gasteiger partial charge on any atom is -0.461 e. The van der Waals surface area contributed by atoms with Crippen LogP contribution in [-0.2, 0) is 9.53 Å². The molecule has 0 N–H and O–H groups in total. The Bertz CT molecular complexity index is 806. The van der Waals surface area contributed by atoms with Gasteiger partial charge in [-0.05, 0) is 37.6 Å². The van der Waals surface area contributed by atoms with Crippen LogP contribution < -0.4 is 0 Å². The zero-order valence-corrected chi connectivity index (χ0v) is 14.0. The van der Waals surface area contributed by atoms with E-state index in [0.29, 0.717) is 5.69 Å². The molecule has 0 aliphatic rings. The lowest BCUT2D eigenvalue weighted by Crippen LogP contribution is -2.15. The predicted octanol–water partition coefficient (Wildman–Crippen LogP) is 4.25. The molecule has 0 saturated heterocycles. The van der Waals surface area contributed by atoms with Gasteiger partial charge in [0, 0.05) is 12.1 Å². The summed E-state index contributed by atoms with van der Waals surface area (Å²) in [5.41, 5.74) is 2.58. The van der Waals surface area contributed by atoms with Gasteiger partial charge < -0.3 is 4.74 Å². The molecule has 0 saturated carbocycles. The molecule has 0 fully saturated rings. The fraction of sp³-hybridized carbons (Fsp3) is 0.158. The normalized spacial score (nSPS) is 11.5. The van der Waals surface area contributed by atoms with Gasteiger partial charge in [0.1, 0.15) is 5.71 Å². The summed E-state index contributed by atoms with van der Waals surface area (Å²) in [6, 6.07) is 13.4. The summed E-state index contributed by atoms with van der Waals surface area (Å²) in [5, 5.41) is 10.7. The van der Waals surface area contributed by atoms with Gasteiger partial charge in [0.05, 0.1) is 17.2 Å². The number of benzene rings is 2. The van der Waals surface area contributed by atoms with Crippen LogP contribution in [0.3, 0.4) is 0 Å². The number of aryl methyl sites for hydroxylation is 1. The smallest absolute Gasteiger partial charge is 0.356 e. The van der Waals surface area contributed by atoms with E-state index in [1.165, 1.54) is 24.3 Å². The average molecular weight is 338 g/mol. The molecule has 0 spiro atoms. The van der Waals surface area contributed by atoms with Crippen molar-refractivity contribution in [3.63, 3.8) is 0 Å². The first-order valence-electron chi connectivity index (χ1n) is 7.74. The summed E-state index contributed by atoms with van der Waals surface area (Å²) in [5.74, 6) is -0.552. The van der Waals surface area contributed by atoms with Gasteiger partial charge in [0.15, 0.2) is 0 Å². The fourth-order valence-electron chi connectivity index (χ4n) is 2.00. The lowest BCUT2D eigenvalue weighted by Gasteiger charge is -2.03. The Morgan fingerprint density at radius 2 is 1.80 bits per heavy atom. The summed E-state index contributed by atoms with van der Waals surface area (Å²) >= 11 is 0. The van der Waals surface area contributed by atoms with Gasteiger partial charge in [-0.25, -0.2) is 9.79 Å². The van der Waals surface area contributed by atoms with E-state index in [-0.39, 0.29) is 18.0 Å². The summed E-state index contributed by atoms with van der Waals surface area (Å²) < 4.78 is 5.02. The van der Waals surface area contributed by atoms with E-state index in [0.717, 1.165) is 11.1 Å². The number of nitro benzene ring substituents is 1. The molecule has 0 atom stereocenters. The van der Waals surface area contributed by atoms with Crippen molar-refractivity contribution in [3.05, 3.63) is 75.8 Å². The van der Waals surface area contributed by atoms with Crippen LogP contribution in [0, 0.1) is 17.0 Å². The summed E-state index contributed by atoms with van der Waals surface area (Å²) in [7, 11) is 0. The third kappa shape index (κ3) is 5.39. The van der Waals surface area contributed by atoms with E-state index in [9.17, 15) is 14.9 Å². The molecular weight excluding hydrogens is 320 g/mol. The fourth-order valence-corrected chi connectivity index (χ4v) is 2.00. The predicted molar refractivity (Wildman–Crippen MR) is 97.0 cm³/mol. The van der Waals surface area contributed by atoms with Crippen LogP contribution in [0.2, 0.25) is 0 Å². The van der Waals surface area contributed by atoms with E-state index in [4.69, 9.17) is 4.74 Å². The molecule has 0 aliphatic carbocycles. The molecular formula is C19H18N2O4. The van der Waals surface area contributed by atoms with Crippen molar-refractivity contribution in [2.45, 2.75) is 13.8 Å². The van der Waals surface area contributed by atoms with Gasteiger partial charge in [0.2, 0.25) is 0 Å². The standard InChI is InChI=1S/C19H18N2O4/c1-3-25-19(22)18(13-8-15-6-4-14(2)5-7-15)20-16-9-11-17(12-10-16)21(23)24/h4-13H,3H2,1-2H3/b13-8+,20-18?.